The van der Waals surface area contributed by atoms with Crippen molar-refractivity contribution in [1.82, 2.24) is 5.32 Å². The van der Waals surface area contributed by atoms with Crippen molar-refractivity contribution >= 4 is 12.1 Å². The van der Waals surface area contributed by atoms with E-state index in [2.05, 4.69) is 5.32 Å². The minimum absolute atomic E-state index is 0.188. The molecule has 1 amide bonds. The number of ether oxygens (including phenoxy) is 1. The van der Waals surface area contributed by atoms with Crippen LogP contribution in [0.15, 0.2) is 30.3 Å². The third-order valence-corrected chi connectivity index (χ3v) is 2.63. The molecule has 3 N–H and O–H groups in total. The van der Waals surface area contributed by atoms with Crippen LogP contribution < -0.4 is 5.32 Å². The summed E-state index contributed by atoms with van der Waals surface area (Å²) in [4.78, 5) is 22.7. The molecule has 0 heterocycles. The van der Waals surface area contributed by atoms with Crippen LogP contribution in [0.5, 0.6) is 0 Å². The molecule has 0 aliphatic heterocycles. The van der Waals surface area contributed by atoms with Gasteiger partial charge in [0, 0.05) is 0 Å². The number of nitrogens with one attached hydrogen (secondary N) is 1. The molecule has 1 rings (SSSR count). The Balaban J connectivity index is 2.78. The molecule has 0 aliphatic carbocycles. The lowest BCUT2D eigenvalue weighted by molar-refractivity contribution is -0.148. The second-order valence-corrected chi connectivity index (χ2v) is 5.73. The number of amides is 1. The highest BCUT2D eigenvalue weighted by molar-refractivity contribution is 5.75. The van der Waals surface area contributed by atoms with Gasteiger partial charge in [-0.15, -0.1) is 0 Å². The Morgan fingerprint density at radius 3 is 2.29 bits per heavy atom. The Hall–Kier alpha value is -2.08. The number of carboxylic acid groups (broad SMARTS) is 1. The summed E-state index contributed by atoms with van der Waals surface area (Å²) >= 11 is 0. The number of aliphatic hydroxyl groups excluding tert-OH is 1. The molecule has 116 valence electrons. The van der Waals surface area contributed by atoms with E-state index in [4.69, 9.17) is 9.84 Å². The van der Waals surface area contributed by atoms with Gasteiger partial charge in [0.05, 0.1) is 6.04 Å². The van der Waals surface area contributed by atoms with Crippen LogP contribution in [0.2, 0.25) is 0 Å². The van der Waals surface area contributed by atoms with Crippen LogP contribution in [0.4, 0.5) is 4.79 Å². The third kappa shape index (κ3) is 6.27. The predicted octanol–water partition coefficient (Wildman–Crippen LogP) is 1.57. The highest BCUT2D eigenvalue weighted by atomic mass is 16.6. The second-order valence-electron chi connectivity index (χ2n) is 5.73. The zero-order valence-electron chi connectivity index (χ0n) is 12.4. The number of hydrogen-bond acceptors (Lipinski definition) is 4. The number of aliphatic carboxylic acids is 1. The fourth-order valence-corrected chi connectivity index (χ4v) is 1.74. The molecule has 0 saturated carbocycles. The number of carboxylic acids is 1. The van der Waals surface area contributed by atoms with Crippen molar-refractivity contribution in [2.75, 3.05) is 0 Å². The lowest BCUT2D eigenvalue weighted by atomic mass is 10.0. The van der Waals surface area contributed by atoms with Crippen LogP contribution in [0.1, 0.15) is 26.3 Å². The van der Waals surface area contributed by atoms with Crippen molar-refractivity contribution in [2.45, 2.75) is 44.9 Å². The first-order valence-corrected chi connectivity index (χ1v) is 6.63. The molecule has 2 atom stereocenters. The third-order valence-electron chi connectivity index (χ3n) is 2.63. The predicted molar refractivity (Wildman–Crippen MR) is 76.9 cm³/mol. The summed E-state index contributed by atoms with van der Waals surface area (Å²) in [6, 6.07) is 8.03. The standard InChI is InChI=1S/C15H21NO5/c1-15(2,3)21-14(20)16-11(12(17)13(18)19)9-10-7-5-4-6-8-10/h4-8,11-12,17H,9H2,1-3H3,(H,16,20)(H,18,19)/t11-,12?/m0/s1. The zero-order chi connectivity index (χ0) is 16.0. The average Bonchev–Trinajstić information content (AvgIpc) is 2.36. The molecule has 1 aromatic carbocycles. The number of aliphatic hydroxyl groups is 1. The first-order chi connectivity index (χ1) is 9.69. The van der Waals surface area contributed by atoms with Crippen LogP contribution in [-0.4, -0.2) is 40.0 Å². The minimum atomic E-state index is -1.71. The first kappa shape index (κ1) is 17.0. The van der Waals surface area contributed by atoms with Gasteiger partial charge in [0.2, 0.25) is 0 Å². The molecule has 0 aromatic heterocycles. The van der Waals surface area contributed by atoms with Crippen LogP contribution in [0, 0.1) is 0 Å². The number of rotatable bonds is 5. The fraction of sp³-hybridized carbons (Fsp3) is 0.467. The summed E-state index contributed by atoms with van der Waals surface area (Å²) in [5.74, 6) is -1.40. The van der Waals surface area contributed by atoms with E-state index in [-0.39, 0.29) is 6.42 Å². The monoisotopic (exact) mass is 295 g/mol. The van der Waals surface area contributed by atoms with E-state index in [0.29, 0.717) is 0 Å². The van der Waals surface area contributed by atoms with Gasteiger partial charge in [-0.2, -0.15) is 0 Å². The van der Waals surface area contributed by atoms with E-state index in [1.165, 1.54) is 0 Å². The summed E-state index contributed by atoms with van der Waals surface area (Å²) in [5.41, 5.74) is 0.106. The quantitative estimate of drug-likeness (QED) is 0.766. The van der Waals surface area contributed by atoms with Gasteiger partial charge >= 0.3 is 12.1 Å². The van der Waals surface area contributed by atoms with Gasteiger partial charge in [0.1, 0.15) is 5.60 Å². The largest absolute Gasteiger partial charge is 0.479 e. The Labute approximate surface area is 123 Å². The average molecular weight is 295 g/mol. The summed E-state index contributed by atoms with van der Waals surface area (Å²) in [6.07, 6.45) is -2.28. The van der Waals surface area contributed by atoms with Crippen molar-refractivity contribution in [1.29, 1.82) is 0 Å². The Bertz CT molecular complexity index is 481. The molecule has 6 heteroatoms. The number of alkyl carbamates (subject to hydrolysis) is 1. The Morgan fingerprint density at radius 2 is 1.81 bits per heavy atom. The van der Waals surface area contributed by atoms with Gasteiger partial charge in [0.15, 0.2) is 6.10 Å². The second kappa shape index (κ2) is 7.08. The fourth-order valence-electron chi connectivity index (χ4n) is 1.74. The van der Waals surface area contributed by atoms with E-state index >= 15 is 0 Å². The molecule has 1 unspecified atom stereocenters. The van der Waals surface area contributed by atoms with Crippen molar-refractivity contribution < 1.29 is 24.5 Å². The molecule has 0 fully saturated rings. The van der Waals surface area contributed by atoms with Crippen molar-refractivity contribution in [3.63, 3.8) is 0 Å². The topological polar surface area (TPSA) is 95.9 Å². The van der Waals surface area contributed by atoms with Gasteiger partial charge in [-0.1, -0.05) is 30.3 Å². The highest BCUT2D eigenvalue weighted by Crippen LogP contribution is 2.10. The molecule has 0 bridgehead atoms. The lowest BCUT2D eigenvalue weighted by Gasteiger charge is -2.25. The van der Waals surface area contributed by atoms with Crippen LogP contribution in [0.3, 0.4) is 0 Å². The first-order valence-electron chi connectivity index (χ1n) is 6.63. The van der Waals surface area contributed by atoms with E-state index in [9.17, 15) is 14.7 Å². The summed E-state index contributed by atoms with van der Waals surface area (Å²) in [5, 5.41) is 21.1. The smallest absolute Gasteiger partial charge is 0.407 e. The maximum atomic E-state index is 11.7. The van der Waals surface area contributed by atoms with Gasteiger partial charge < -0.3 is 20.3 Å². The van der Waals surface area contributed by atoms with Crippen molar-refractivity contribution in [3.05, 3.63) is 35.9 Å². The van der Waals surface area contributed by atoms with Crippen LogP contribution in [0.25, 0.3) is 0 Å². The van der Waals surface area contributed by atoms with Gasteiger partial charge in [-0.25, -0.2) is 9.59 Å². The maximum Gasteiger partial charge on any atom is 0.407 e. The summed E-state index contributed by atoms with van der Waals surface area (Å²) < 4.78 is 5.08. The zero-order valence-corrected chi connectivity index (χ0v) is 12.4. The van der Waals surface area contributed by atoms with E-state index in [1.54, 1.807) is 45.0 Å². The van der Waals surface area contributed by atoms with Gasteiger partial charge in [0.25, 0.3) is 0 Å². The lowest BCUT2D eigenvalue weighted by Crippen LogP contribution is -2.49. The number of benzene rings is 1. The number of hydrogen-bond donors (Lipinski definition) is 3. The highest BCUT2D eigenvalue weighted by Gasteiger charge is 2.29. The van der Waals surface area contributed by atoms with Gasteiger partial charge in [-0.05, 0) is 32.8 Å². The summed E-state index contributed by atoms with van der Waals surface area (Å²) in [7, 11) is 0. The molecule has 0 radical (unpaired) electrons. The molecule has 1 aromatic rings. The summed E-state index contributed by atoms with van der Waals surface area (Å²) in [6.45, 7) is 5.10. The van der Waals surface area contributed by atoms with E-state index in [0.717, 1.165) is 5.56 Å². The molecular weight excluding hydrogens is 274 g/mol. The van der Waals surface area contributed by atoms with E-state index < -0.39 is 29.8 Å². The maximum absolute atomic E-state index is 11.7. The Morgan fingerprint density at radius 1 is 1.24 bits per heavy atom. The minimum Gasteiger partial charge on any atom is -0.479 e. The molecule has 0 aliphatic rings. The molecule has 0 spiro atoms. The van der Waals surface area contributed by atoms with Crippen molar-refractivity contribution in [3.8, 4) is 0 Å². The molecular formula is C15H21NO5. The van der Waals surface area contributed by atoms with Crippen molar-refractivity contribution in [2.24, 2.45) is 0 Å². The Kier molecular flexibility index (Phi) is 5.72. The molecule has 6 nitrogen and oxygen atoms in total. The molecule has 21 heavy (non-hydrogen) atoms. The van der Waals surface area contributed by atoms with Gasteiger partial charge in [-0.3, -0.25) is 0 Å². The van der Waals surface area contributed by atoms with Crippen LogP contribution >= 0.6 is 0 Å². The normalized spacial score (nSPS) is 14.1. The van der Waals surface area contributed by atoms with Crippen LogP contribution in [-0.2, 0) is 16.0 Å². The SMILES string of the molecule is CC(C)(C)OC(=O)N[C@@H](Cc1ccccc1)C(O)C(=O)O. The molecule has 0 saturated heterocycles. The number of carbonyl (C=O) groups is 2. The van der Waals surface area contributed by atoms with E-state index in [1.807, 2.05) is 6.07 Å². The number of carbonyl (C=O) groups excluding carboxylic acids is 1.